The Bertz CT molecular complexity index is 2020. The van der Waals surface area contributed by atoms with E-state index in [1.54, 1.807) is 43.9 Å². The van der Waals surface area contributed by atoms with Crippen LogP contribution < -0.4 is 16.4 Å². The van der Waals surface area contributed by atoms with Crippen molar-refractivity contribution in [3.8, 4) is 11.3 Å². The van der Waals surface area contributed by atoms with Crippen LogP contribution >= 0.6 is 11.6 Å². The lowest BCUT2D eigenvalue weighted by Crippen LogP contribution is -2.38. The highest BCUT2D eigenvalue weighted by Gasteiger charge is 2.27. The Morgan fingerprint density at radius 2 is 1.81 bits per heavy atom. The summed E-state index contributed by atoms with van der Waals surface area (Å²) in [6.07, 6.45) is 5.15. The zero-order valence-corrected chi connectivity index (χ0v) is 25.6. The van der Waals surface area contributed by atoms with E-state index in [4.69, 9.17) is 16.7 Å². The third kappa shape index (κ3) is 5.09. The predicted molar refractivity (Wildman–Crippen MR) is 170 cm³/mol. The van der Waals surface area contributed by atoms with Crippen LogP contribution in [0.2, 0.25) is 5.15 Å². The minimum absolute atomic E-state index is 0.0818. The van der Waals surface area contributed by atoms with E-state index < -0.39 is 0 Å². The Morgan fingerprint density at radius 1 is 1.07 bits per heavy atom. The van der Waals surface area contributed by atoms with Crippen LogP contribution in [0.5, 0.6) is 0 Å². The fourth-order valence-electron chi connectivity index (χ4n) is 6.28. The third-order valence-electron chi connectivity index (χ3n) is 8.52. The first kappa shape index (κ1) is 28.7. The number of anilines is 1. The van der Waals surface area contributed by atoms with Crippen LogP contribution in [0.3, 0.4) is 0 Å². The molecule has 1 aliphatic heterocycles. The van der Waals surface area contributed by atoms with Gasteiger partial charge in [-0.05, 0) is 62.1 Å². The molecule has 5 heterocycles. The number of hydrogen-bond acceptors (Lipinski definition) is 6. The number of fused-ring (bicyclic) bond motifs is 3. The summed E-state index contributed by atoms with van der Waals surface area (Å²) in [5.41, 5.74) is 4.64. The van der Waals surface area contributed by atoms with Gasteiger partial charge >= 0.3 is 0 Å². The SMILES string of the molecule is CC(=O)N1CCC(n2ncc3c4c(C(C)Nc5ccc(Cl)nc5-c5ccc(=O)n(C)c5)cc(C)cc4c(=O)n(C)c32)CC1. The molecule has 5 aromatic rings. The van der Waals surface area contributed by atoms with Crippen LogP contribution in [0.1, 0.15) is 49.9 Å². The average molecular weight is 600 g/mol. The molecule has 4 aromatic heterocycles. The Kier molecular flexibility index (Phi) is 7.33. The van der Waals surface area contributed by atoms with E-state index in [9.17, 15) is 14.4 Å². The maximum Gasteiger partial charge on any atom is 0.259 e. The molecule has 43 heavy (non-hydrogen) atoms. The van der Waals surface area contributed by atoms with Crippen molar-refractivity contribution in [2.45, 2.75) is 45.7 Å². The summed E-state index contributed by atoms with van der Waals surface area (Å²) in [7, 11) is 3.50. The number of amides is 1. The molecule has 11 heteroatoms. The number of carbonyl (C=O) groups excluding carboxylic acids is 1. The van der Waals surface area contributed by atoms with Gasteiger partial charge < -0.3 is 14.8 Å². The van der Waals surface area contributed by atoms with E-state index in [0.29, 0.717) is 29.3 Å². The summed E-state index contributed by atoms with van der Waals surface area (Å²) >= 11 is 6.30. The number of hydrogen-bond donors (Lipinski definition) is 1. The fourth-order valence-corrected chi connectivity index (χ4v) is 6.43. The number of benzene rings is 1. The first-order chi connectivity index (χ1) is 20.5. The lowest BCUT2D eigenvalue weighted by molar-refractivity contribution is -0.130. The second kappa shape index (κ2) is 11.0. The van der Waals surface area contributed by atoms with E-state index in [1.165, 1.54) is 10.6 Å². The van der Waals surface area contributed by atoms with E-state index in [1.807, 2.05) is 34.8 Å². The Balaban J connectivity index is 1.46. The number of likely N-dealkylation sites (tertiary alicyclic amines) is 1. The van der Waals surface area contributed by atoms with Gasteiger partial charge in [-0.2, -0.15) is 5.10 Å². The Morgan fingerprint density at radius 3 is 2.51 bits per heavy atom. The van der Waals surface area contributed by atoms with Crippen LogP contribution in [0.4, 0.5) is 5.69 Å². The number of rotatable bonds is 5. The molecule has 222 valence electrons. The number of nitrogens with one attached hydrogen (secondary N) is 1. The number of aryl methyl sites for hydroxylation is 3. The molecule has 0 spiro atoms. The van der Waals surface area contributed by atoms with Crippen LogP contribution in [0.25, 0.3) is 33.1 Å². The average Bonchev–Trinajstić information content (AvgIpc) is 3.43. The van der Waals surface area contributed by atoms with Crippen molar-refractivity contribution in [2.75, 3.05) is 18.4 Å². The molecule has 1 atom stereocenters. The Labute approximate surface area is 253 Å². The van der Waals surface area contributed by atoms with Crippen molar-refractivity contribution >= 4 is 45.0 Å². The molecule has 1 N–H and O–H groups in total. The molecule has 0 bridgehead atoms. The molecule has 6 rings (SSSR count). The number of pyridine rings is 3. The number of aromatic nitrogens is 5. The molecule has 10 nitrogen and oxygen atoms in total. The lowest BCUT2D eigenvalue weighted by Gasteiger charge is -2.31. The monoisotopic (exact) mass is 599 g/mol. The van der Waals surface area contributed by atoms with Gasteiger partial charge in [0.25, 0.3) is 5.56 Å². The van der Waals surface area contributed by atoms with Gasteiger partial charge in [-0.15, -0.1) is 0 Å². The highest BCUT2D eigenvalue weighted by atomic mass is 35.5. The van der Waals surface area contributed by atoms with Gasteiger partial charge in [0.2, 0.25) is 11.5 Å². The molecule has 0 saturated carbocycles. The molecular weight excluding hydrogens is 566 g/mol. The molecule has 1 saturated heterocycles. The van der Waals surface area contributed by atoms with E-state index in [-0.39, 0.29) is 29.1 Å². The first-order valence-corrected chi connectivity index (χ1v) is 14.8. The zero-order chi connectivity index (χ0) is 30.6. The van der Waals surface area contributed by atoms with Crippen LogP contribution in [-0.2, 0) is 18.9 Å². The zero-order valence-electron chi connectivity index (χ0n) is 24.9. The van der Waals surface area contributed by atoms with Crippen LogP contribution in [0, 0.1) is 6.92 Å². The quantitative estimate of drug-likeness (QED) is 0.286. The topological polar surface area (TPSA) is 107 Å². The van der Waals surface area contributed by atoms with Gasteiger partial charge in [-0.3, -0.25) is 19.0 Å². The van der Waals surface area contributed by atoms with E-state index in [2.05, 4.69) is 23.3 Å². The standard InChI is InChI=1S/C32H34ClN7O3/c1-18-14-23(19(2)35-26-7-8-27(33)36-30(26)21-6-9-28(42)37(4)17-21)29-24(15-18)32(43)38(5)31-25(29)16-34-40(31)22-10-12-39(13-11-22)20(3)41/h6-9,14-17,19,22,35H,10-13H2,1-5H3. The fraction of sp³-hybridized carbons (Fsp3) is 0.344. The summed E-state index contributed by atoms with van der Waals surface area (Å²) in [5, 5.41) is 11.2. The number of nitrogens with zero attached hydrogens (tertiary/aromatic N) is 6. The van der Waals surface area contributed by atoms with Crippen molar-refractivity contribution in [3.05, 3.63) is 85.8 Å². The van der Waals surface area contributed by atoms with Crippen LogP contribution in [0.15, 0.2) is 58.4 Å². The second-order valence-electron chi connectivity index (χ2n) is 11.5. The number of carbonyl (C=O) groups is 1. The first-order valence-electron chi connectivity index (χ1n) is 14.4. The van der Waals surface area contributed by atoms with Gasteiger partial charge in [-0.25, -0.2) is 9.67 Å². The molecule has 1 unspecified atom stereocenters. The molecule has 1 aliphatic rings. The van der Waals surface area contributed by atoms with Crippen molar-refractivity contribution in [1.29, 1.82) is 0 Å². The maximum atomic E-state index is 13.8. The molecular formula is C32H34ClN7O3. The summed E-state index contributed by atoms with van der Waals surface area (Å²) in [6, 6.07) is 10.8. The summed E-state index contributed by atoms with van der Waals surface area (Å²) in [4.78, 5) is 44.2. The molecule has 0 radical (unpaired) electrons. The van der Waals surface area contributed by atoms with Crippen molar-refractivity contribution in [3.63, 3.8) is 0 Å². The Hall–Kier alpha value is -4.44. The predicted octanol–water partition coefficient (Wildman–Crippen LogP) is 4.97. The summed E-state index contributed by atoms with van der Waals surface area (Å²) in [6.45, 7) is 6.98. The van der Waals surface area contributed by atoms with E-state index in [0.717, 1.165) is 51.6 Å². The number of halogens is 1. The smallest absolute Gasteiger partial charge is 0.259 e. The van der Waals surface area contributed by atoms with E-state index >= 15 is 0 Å². The van der Waals surface area contributed by atoms with Gasteiger partial charge in [0.05, 0.1) is 23.6 Å². The summed E-state index contributed by atoms with van der Waals surface area (Å²) < 4.78 is 5.17. The second-order valence-corrected chi connectivity index (χ2v) is 11.9. The van der Waals surface area contributed by atoms with Gasteiger partial charge in [0, 0.05) is 74.1 Å². The highest BCUT2D eigenvalue weighted by molar-refractivity contribution is 6.29. The minimum Gasteiger partial charge on any atom is -0.377 e. The molecule has 1 aromatic carbocycles. The normalized spacial score (nSPS) is 14.9. The third-order valence-corrected chi connectivity index (χ3v) is 8.73. The van der Waals surface area contributed by atoms with Crippen molar-refractivity contribution in [1.82, 2.24) is 28.8 Å². The van der Waals surface area contributed by atoms with Crippen LogP contribution in [-0.4, -0.2) is 47.8 Å². The number of piperidine rings is 1. The largest absolute Gasteiger partial charge is 0.377 e. The van der Waals surface area contributed by atoms with Gasteiger partial charge in [0.1, 0.15) is 10.8 Å². The highest BCUT2D eigenvalue weighted by Crippen LogP contribution is 2.36. The molecule has 1 amide bonds. The molecule has 1 fully saturated rings. The lowest BCUT2D eigenvalue weighted by atomic mass is 9.95. The van der Waals surface area contributed by atoms with Crippen molar-refractivity contribution < 1.29 is 4.79 Å². The minimum atomic E-state index is -0.228. The maximum absolute atomic E-state index is 13.8. The molecule has 0 aliphatic carbocycles. The van der Waals surface area contributed by atoms with Gasteiger partial charge in [0.15, 0.2) is 0 Å². The summed E-state index contributed by atoms with van der Waals surface area (Å²) in [5.74, 6) is 0.0824. The van der Waals surface area contributed by atoms with Gasteiger partial charge in [-0.1, -0.05) is 17.7 Å². The van der Waals surface area contributed by atoms with Crippen molar-refractivity contribution in [2.24, 2.45) is 14.1 Å².